The fraction of sp³-hybridized carbons (Fsp3) is 0.333. The molecule has 0 saturated heterocycles. The summed E-state index contributed by atoms with van der Waals surface area (Å²) in [4.78, 5) is 0. The Hall–Kier alpha value is -1.26. The van der Waals surface area contributed by atoms with Crippen molar-refractivity contribution in [2.75, 3.05) is 0 Å². The van der Waals surface area contributed by atoms with Gasteiger partial charge < -0.3 is 5.11 Å². The van der Waals surface area contributed by atoms with Crippen LogP contribution in [0.1, 0.15) is 29.2 Å². The minimum absolute atomic E-state index is 0.377. The predicted octanol–water partition coefficient (Wildman–Crippen LogP) is 2.36. The molecular weight excluding hydrogens is 160 g/mol. The van der Waals surface area contributed by atoms with Crippen molar-refractivity contribution in [3.8, 4) is 12.3 Å². The van der Waals surface area contributed by atoms with Crippen LogP contribution in [0.4, 0.5) is 0 Å². The average molecular weight is 174 g/mol. The van der Waals surface area contributed by atoms with Gasteiger partial charge in [-0.05, 0) is 30.5 Å². The van der Waals surface area contributed by atoms with Gasteiger partial charge in [0.15, 0.2) is 0 Å². The lowest BCUT2D eigenvalue weighted by molar-refractivity contribution is 0.184. The second-order valence-corrected chi connectivity index (χ2v) is 3.27. The standard InChI is InChI=1S/C12H14O/c1-4-5-12(13)11-7-6-9(2)10(3)8-11/h1,6-8,12-13H,5H2,2-3H3. The van der Waals surface area contributed by atoms with Crippen LogP contribution in [0.5, 0.6) is 0 Å². The second kappa shape index (κ2) is 4.11. The van der Waals surface area contributed by atoms with Gasteiger partial charge in [-0.25, -0.2) is 0 Å². The van der Waals surface area contributed by atoms with Crippen LogP contribution in [-0.2, 0) is 0 Å². The minimum atomic E-state index is -0.524. The first-order chi connectivity index (χ1) is 6.15. The Labute approximate surface area is 79.4 Å². The average Bonchev–Trinajstić information content (AvgIpc) is 2.10. The van der Waals surface area contributed by atoms with Crippen LogP contribution in [0.2, 0.25) is 0 Å². The lowest BCUT2D eigenvalue weighted by Gasteiger charge is -2.09. The Bertz CT molecular complexity index is 333. The van der Waals surface area contributed by atoms with Gasteiger partial charge in [-0.3, -0.25) is 0 Å². The van der Waals surface area contributed by atoms with Crippen molar-refractivity contribution in [1.82, 2.24) is 0 Å². The summed E-state index contributed by atoms with van der Waals surface area (Å²) in [6.07, 6.45) is 4.98. The number of rotatable bonds is 2. The van der Waals surface area contributed by atoms with E-state index in [-0.39, 0.29) is 0 Å². The van der Waals surface area contributed by atoms with E-state index < -0.39 is 6.10 Å². The topological polar surface area (TPSA) is 20.2 Å². The lowest BCUT2D eigenvalue weighted by Crippen LogP contribution is -1.96. The molecule has 1 nitrogen and oxygen atoms in total. The monoisotopic (exact) mass is 174 g/mol. The van der Waals surface area contributed by atoms with Crippen molar-refractivity contribution in [3.63, 3.8) is 0 Å². The third-order valence-corrected chi connectivity index (χ3v) is 2.23. The molecule has 0 spiro atoms. The zero-order valence-electron chi connectivity index (χ0n) is 8.04. The molecule has 1 N–H and O–H groups in total. The number of aryl methyl sites for hydroxylation is 2. The Morgan fingerprint density at radius 1 is 1.38 bits per heavy atom. The van der Waals surface area contributed by atoms with Gasteiger partial charge in [0.25, 0.3) is 0 Å². The highest BCUT2D eigenvalue weighted by Crippen LogP contribution is 2.18. The summed E-state index contributed by atoms with van der Waals surface area (Å²) in [7, 11) is 0. The van der Waals surface area contributed by atoms with E-state index in [2.05, 4.69) is 5.92 Å². The first-order valence-electron chi connectivity index (χ1n) is 4.34. The molecule has 0 saturated carbocycles. The SMILES string of the molecule is C#CCC(O)c1ccc(C)c(C)c1. The van der Waals surface area contributed by atoms with E-state index in [0.29, 0.717) is 6.42 Å². The van der Waals surface area contributed by atoms with E-state index in [1.54, 1.807) is 0 Å². The van der Waals surface area contributed by atoms with Crippen LogP contribution in [0.25, 0.3) is 0 Å². The van der Waals surface area contributed by atoms with Crippen LogP contribution in [-0.4, -0.2) is 5.11 Å². The molecule has 0 aromatic heterocycles. The van der Waals surface area contributed by atoms with Gasteiger partial charge in [0.05, 0.1) is 6.10 Å². The first-order valence-corrected chi connectivity index (χ1v) is 4.34. The minimum Gasteiger partial charge on any atom is -0.387 e. The van der Waals surface area contributed by atoms with Crippen LogP contribution < -0.4 is 0 Å². The zero-order valence-corrected chi connectivity index (χ0v) is 8.04. The summed E-state index contributed by atoms with van der Waals surface area (Å²) < 4.78 is 0. The number of benzene rings is 1. The molecule has 0 aliphatic carbocycles. The van der Waals surface area contributed by atoms with Crippen molar-refractivity contribution < 1.29 is 5.11 Å². The fourth-order valence-corrected chi connectivity index (χ4v) is 1.20. The maximum absolute atomic E-state index is 9.59. The van der Waals surface area contributed by atoms with Crippen molar-refractivity contribution in [3.05, 3.63) is 34.9 Å². The number of hydrogen-bond donors (Lipinski definition) is 1. The highest BCUT2D eigenvalue weighted by Gasteiger charge is 2.05. The van der Waals surface area contributed by atoms with Crippen molar-refractivity contribution in [2.45, 2.75) is 26.4 Å². The van der Waals surface area contributed by atoms with Gasteiger partial charge in [0.2, 0.25) is 0 Å². The normalized spacial score (nSPS) is 12.2. The second-order valence-electron chi connectivity index (χ2n) is 3.27. The Morgan fingerprint density at radius 2 is 2.08 bits per heavy atom. The number of aliphatic hydroxyl groups excluding tert-OH is 1. The fourth-order valence-electron chi connectivity index (χ4n) is 1.20. The van der Waals surface area contributed by atoms with Crippen molar-refractivity contribution in [2.24, 2.45) is 0 Å². The van der Waals surface area contributed by atoms with Gasteiger partial charge in [-0.15, -0.1) is 12.3 Å². The molecule has 0 aliphatic heterocycles. The van der Waals surface area contributed by atoms with Crippen LogP contribution in [0.3, 0.4) is 0 Å². The maximum atomic E-state index is 9.59. The Morgan fingerprint density at radius 3 is 2.62 bits per heavy atom. The number of terminal acetylenes is 1. The summed E-state index contributed by atoms with van der Waals surface area (Å²) in [6.45, 7) is 4.08. The summed E-state index contributed by atoms with van der Waals surface area (Å²) in [5.74, 6) is 2.45. The highest BCUT2D eigenvalue weighted by atomic mass is 16.3. The quantitative estimate of drug-likeness (QED) is 0.682. The molecule has 0 aliphatic rings. The smallest absolute Gasteiger partial charge is 0.0899 e. The molecule has 0 fully saturated rings. The summed E-state index contributed by atoms with van der Waals surface area (Å²) in [5, 5.41) is 9.59. The molecule has 68 valence electrons. The summed E-state index contributed by atoms with van der Waals surface area (Å²) >= 11 is 0. The molecule has 0 bridgehead atoms. The molecule has 0 radical (unpaired) electrons. The molecule has 1 unspecified atom stereocenters. The molecule has 13 heavy (non-hydrogen) atoms. The Balaban J connectivity index is 2.91. The lowest BCUT2D eigenvalue weighted by atomic mass is 10.0. The Kier molecular flexibility index (Phi) is 3.11. The molecule has 0 amide bonds. The summed E-state index contributed by atoms with van der Waals surface area (Å²) in [6, 6.07) is 5.91. The van der Waals surface area contributed by atoms with Gasteiger partial charge in [-0.1, -0.05) is 18.2 Å². The molecule has 1 aromatic carbocycles. The van der Waals surface area contributed by atoms with E-state index in [1.807, 2.05) is 32.0 Å². The van der Waals surface area contributed by atoms with E-state index in [1.165, 1.54) is 11.1 Å². The van der Waals surface area contributed by atoms with Gasteiger partial charge in [0, 0.05) is 6.42 Å². The molecule has 1 heteroatoms. The van der Waals surface area contributed by atoms with E-state index in [4.69, 9.17) is 6.42 Å². The molecule has 1 rings (SSSR count). The third-order valence-electron chi connectivity index (χ3n) is 2.23. The zero-order chi connectivity index (χ0) is 9.84. The van der Waals surface area contributed by atoms with Gasteiger partial charge >= 0.3 is 0 Å². The molecular formula is C12H14O. The van der Waals surface area contributed by atoms with Crippen LogP contribution >= 0.6 is 0 Å². The summed E-state index contributed by atoms with van der Waals surface area (Å²) in [5.41, 5.74) is 3.33. The van der Waals surface area contributed by atoms with Crippen LogP contribution in [0.15, 0.2) is 18.2 Å². The molecule has 1 atom stereocenters. The first kappa shape index (κ1) is 9.83. The van der Waals surface area contributed by atoms with Gasteiger partial charge in [-0.2, -0.15) is 0 Å². The highest BCUT2D eigenvalue weighted by molar-refractivity contribution is 5.31. The number of aliphatic hydroxyl groups is 1. The van der Waals surface area contributed by atoms with E-state index in [9.17, 15) is 5.11 Å². The van der Waals surface area contributed by atoms with Crippen molar-refractivity contribution in [1.29, 1.82) is 0 Å². The largest absolute Gasteiger partial charge is 0.387 e. The van der Waals surface area contributed by atoms with E-state index >= 15 is 0 Å². The van der Waals surface area contributed by atoms with Crippen LogP contribution in [0, 0.1) is 26.2 Å². The van der Waals surface area contributed by atoms with E-state index in [0.717, 1.165) is 5.56 Å². The molecule has 0 heterocycles. The predicted molar refractivity (Wildman–Crippen MR) is 54.3 cm³/mol. The third kappa shape index (κ3) is 2.34. The molecule has 1 aromatic rings. The maximum Gasteiger partial charge on any atom is 0.0899 e. The number of hydrogen-bond acceptors (Lipinski definition) is 1. The van der Waals surface area contributed by atoms with Crippen molar-refractivity contribution >= 4 is 0 Å². The van der Waals surface area contributed by atoms with Gasteiger partial charge in [0.1, 0.15) is 0 Å².